The van der Waals surface area contributed by atoms with Crippen LogP contribution >= 0.6 is 0 Å². The van der Waals surface area contributed by atoms with E-state index >= 15 is 0 Å². The van der Waals surface area contributed by atoms with Gasteiger partial charge in [-0.1, -0.05) is 24.3 Å². The second-order valence-corrected chi connectivity index (χ2v) is 3.16. The van der Waals surface area contributed by atoms with E-state index < -0.39 is 12.2 Å². The van der Waals surface area contributed by atoms with Crippen molar-refractivity contribution in [2.45, 2.75) is 18.6 Å². The van der Waals surface area contributed by atoms with Gasteiger partial charge in [0.1, 0.15) is 12.4 Å². The molecule has 0 aliphatic carbocycles. The fraction of sp³-hybridized carbons (Fsp3) is 0.273. The van der Waals surface area contributed by atoms with Gasteiger partial charge in [-0.2, -0.15) is 5.26 Å². The second kappa shape index (κ2) is 5.25. The van der Waals surface area contributed by atoms with E-state index in [0.717, 1.165) is 0 Å². The van der Waals surface area contributed by atoms with Gasteiger partial charge in [0, 0.05) is 5.56 Å². The van der Waals surface area contributed by atoms with Crippen molar-refractivity contribution in [1.29, 1.82) is 5.26 Å². The van der Waals surface area contributed by atoms with Crippen LogP contribution in [0.1, 0.15) is 28.4 Å². The van der Waals surface area contributed by atoms with Crippen LogP contribution in [0.3, 0.4) is 0 Å². The quantitative estimate of drug-likeness (QED) is 0.712. The van der Waals surface area contributed by atoms with E-state index in [-0.39, 0.29) is 6.42 Å². The van der Waals surface area contributed by atoms with Crippen molar-refractivity contribution in [3.63, 3.8) is 0 Å². The Morgan fingerprint density at radius 2 is 1.93 bits per heavy atom. The van der Waals surface area contributed by atoms with Crippen LogP contribution < -0.4 is 0 Å². The van der Waals surface area contributed by atoms with E-state index in [1.54, 1.807) is 30.3 Å². The number of nitriles is 1. The summed E-state index contributed by atoms with van der Waals surface area (Å²) in [4.78, 5) is 10.4. The third kappa shape index (κ3) is 2.88. The smallest absolute Gasteiger partial charge is 0.150 e. The Balaban J connectivity index is 2.78. The highest BCUT2D eigenvalue weighted by Gasteiger charge is 2.17. The number of aldehydes is 1. The molecule has 1 aromatic carbocycles. The lowest BCUT2D eigenvalue weighted by Gasteiger charge is -2.15. The molecule has 1 aromatic rings. The van der Waals surface area contributed by atoms with Crippen LogP contribution in [-0.2, 0) is 0 Å². The number of carbonyl (C=O) groups is 1. The second-order valence-electron chi connectivity index (χ2n) is 3.16. The molecule has 0 saturated carbocycles. The molecule has 0 radical (unpaired) electrons. The molecule has 2 N–H and O–H groups in total. The SMILES string of the molecule is N#CCC(O)C(O)c1ccc(C=O)cc1. The van der Waals surface area contributed by atoms with E-state index in [1.165, 1.54) is 0 Å². The number of benzene rings is 1. The summed E-state index contributed by atoms with van der Waals surface area (Å²) in [7, 11) is 0. The summed E-state index contributed by atoms with van der Waals surface area (Å²) in [6.45, 7) is 0. The number of carbonyl (C=O) groups excluding carboxylic acids is 1. The highest BCUT2D eigenvalue weighted by atomic mass is 16.3. The standard InChI is InChI=1S/C11H11NO3/c12-6-5-10(14)11(15)9-3-1-8(7-13)2-4-9/h1-4,7,10-11,14-15H,5H2. The molecule has 0 fully saturated rings. The lowest BCUT2D eigenvalue weighted by molar-refractivity contribution is 0.0216. The van der Waals surface area contributed by atoms with E-state index in [2.05, 4.69) is 0 Å². The molecule has 0 saturated heterocycles. The first-order valence-corrected chi connectivity index (χ1v) is 4.47. The van der Waals surface area contributed by atoms with E-state index in [0.29, 0.717) is 17.4 Å². The average Bonchev–Trinajstić information content (AvgIpc) is 2.28. The minimum absolute atomic E-state index is 0.128. The predicted molar refractivity (Wildman–Crippen MR) is 53.0 cm³/mol. The van der Waals surface area contributed by atoms with Crippen LogP contribution in [-0.4, -0.2) is 22.6 Å². The Bertz CT molecular complexity index is 366. The Labute approximate surface area is 87.4 Å². The molecule has 0 heterocycles. The largest absolute Gasteiger partial charge is 0.389 e. The van der Waals surface area contributed by atoms with Gasteiger partial charge in [0.25, 0.3) is 0 Å². The highest BCUT2D eigenvalue weighted by molar-refractivity contribution is 5.74. The van der Waals surface area contributed by atoms with E-state index in [9.17, 15) is 15.0 Å². The molecule has 0 aliphatic rings. The molecular formula is C11H11NO3. The van der Waals surface area contributed by atoms with Crippen molar-refractivity contribution in [1.82, 2.24) is 0 Å². The molecule has 0 bridgehead atoms. The minimum atomic E-state index is -1.10. The maximum absolute atomic E-state index is 10.4. The maximum atomic E-state index is 10.4. The summed E-state index contributed by atoms with van der Waals surface area (Å²) < 4.78 is 0. The number of hydrogen-bond donors (Lipinski definition) is 2. The van der Waals surface area contributed by atoms with Gasteiger partial charge in [0.2, 0.25) is 0 Å². The Hall–Kier alpha value is -1.70. The molecule has 4 heteroatoms. The Morgan fingerprint density at radius 1 is 1.33 bits per heavy atom. The average molecular weight is 205 g/mol. The first kappa shape index (κ1) is 11.4. The van der Waals surface area contributed by atoms with Gasteiger partial charge in [-0.25, -0.2) is 0 Å². The summed E-state index contributed by atoms with van der Waals surface area (Å²) in [5.41, 5.74) is 0.990. The molecule has 0 aromatic heterocycles. The summed E-state index contributed by atoms with van der Waals surface area (Å²) in [5, 5.41) is 27.3. The molecule has 2 atom stereocenters. The number of hydrogen-bond acceptors (Lipinski definition) is 4. The molecule has 0 aliphatic heterocycles. The lowest BCUT2D eigenvalue weighted by atomic mass is 10.0. The normalized spacial score (nSPS) is 13.9. The highest BCUT2D eigenvalue weighted by Crippen LogP contribution is 2.18. The fourth-order valence-corrected chi connectivity index (χ4v) is 1.20. The Morgan fingerprint density at radius 3 is 2.40 bits per heavy atom. The van der Waals surface area contributed by atoms with Crippen LogP contribution in [0.4, 0.5) is 0 Å². The predicted octanol–water partition coefficient (Wildman–Crippen LogP) is 0.807. The fourth-order valence-electron chi connectivity index (χ4n) is 1.20. The first-order valence-electron chi connectivity index (χ1n) is 4.47. The zero-order chi connectivity index (χ0) is 11.3. The van der Waals surface area contributed by atoms with Crippen molar-refractivity contribution in [3.05, 3.63) is 35.4 Å². The van der Waals surface area contributed by atoms with E-state index in [1.807, 2.05) is 0 Å². The van der Waals surface area contributed by atoms with Gasteiger partial charge >= 0.3 is 0 Å². The minimum Gasteiger partial charge on any atom is -0.389 e. The van der Waals surface area contributed by atoms with Crippen LogP contribution in [0.2, 0.25) is 0 Å². The lowest BCUT2D eigenvalue weighted by Crippen LogP contribution is -2.17. The first-order chi connectivity index (χ1) is 7.19. The zero-order valence-corrected chi connectivity index (χ0v) is 8.00. The van der Waals surface area contributed by atoms with Crippen LogP contribution in [0.5, 0.6) is 0 Å². The van der Waals surface area contributed by atoms with Crippen molar-refractivity contribution in [2.75, 3.05) is 0 Å². The van der Waals surface area contributed by atoms with Gasteiger partial charge < -0.3 is 10.2 Å². The molecule has 2 unspecified atom stereocenters. The van der Waals surface area contributed by atoms with Crippen LogP contribution in [0.25, 0.3) is 0 Å². The Kier molecular flexibility index (Phi) is 3.98. The maximum Gasteiger partial charge on any atom is 0.150 e. The van der Waals surface area contributed by atoms with Crippen molar-refractivity contribution >= 4 is 6.29 Å². The van der Waals surface area contributed by atoms with Gasteiger partial charge in [-0.05, 0) is 5.56 Å². The molecule has 0 amide bonds. The molecule has 15 heavy (non-hydrogen) atoms. The summed E-state index contributed by atoms with van der Waals surface area (Å²) in [6, 6.07) is 7.97. The summed E-state index contributed by atoms with van der Waals surface area (Å²) in [6.07, 6.45) is -1.62. The topological polar surface area (TPSA) is 81.3 Å². The van der Waals surface area contributed by atoms with Crippen molar-refractivity contribution < 1.29 is 15.0 Å². The monoisotopic (exact) mass is 205 g/mol. The molecule has 0 spiro atoms. The number of aliphatic hydroxyl groups is 2. The van der Waals surface area contributed by atoms with Crippen molar-refractivity contribution in [2.24, 2.45) is 0 Å². The van der Waals surface area contributed by atoms with Crippen LogP contribution in [0.15, 0.2) is 24.3 Å². The van der Waals surface area contributed by atoms with Gasteiger partial charge in [0.15, 0.2) is 0 Å². The molecule has 1 rings (SSSR count). The summed E-state index contributed by atoms with van der Waals surface area (Å²) in [5.74, 6) is 0. The van der Waals surface area contributed by atoms with Crippen LogP contribution in [0, 0.1) is 11.3 Å². The van der Waals surface area contributed by atoms with Crippen molar-refractivity contribution in [3.8, 4) is 6.07 Å². The molecule has 4 nitrogen and oxygen atoms in total. The van der Waals surface area contributed by atoms with Gasteiger partial charge in [0.05, 0.1) is 18.6 Å². The number of nitrogens with zero attached hydrogens (tertiary/aromatic N) is 1. The third-order valence-electron chi connectivity index (χ3n) is 2.08. The van der Waals surface area contributed by atoms with Gasteiger partial charge in [-0.3, -0.25) is 4.79 Å². The van der Waals surface area contributed by atoms with Gasteiger partial charge in [-0.15, -0.1) is 0 Å². The third-order valence-corrected chi connectivity index (χ3v) is 2.08. The molecule has 78 valence electrons. The molecular weight excluding hydrogens is 194 g/mol. The number of aliphatic hydroxyl groups excluding tert-OH is 2. The number of rotatable bonds is 4. The van der Waals surface area contributed by atoms with E-state index in [4.69, 9.17) is 5.26 Å². The summed E-state index contributed by atoms with van der Waals surface area (Å²) >= 11 is 0. The zero-order valence-electron chi connectivity index (χ0n) is 8.00.